The molecule has 0 aliphatic carbocycles. The summed E-state index contributed by atoms with van der Waals surface area (Å²) < 4.78 is 14.7. The van der Waals surface area contributed by atoms with Gasteiger partial charge in [0.05, 0.1) is 11.1 Å². The lowest BCUT2D eigenvalue weighted by atomic mass is 10.0. The van der Waals surface area contributed by atoms with Gasteiger partial charge in [-0.25, -0.2) is 4.39 Å². The fourth-order valence-electron chi connectivity index (χ4n) is 1.75. The molecule has 1 nitrogen and oxygen atoms in total. The Morgan fingerprint density at radius 1 is 1.11 bits per heavy atom. The molecule has 1 N–H and O–H groups in total. The van der Waals surface area contributed by atoms with Gasteiger partial charge in [-0.15, -0.1) is 0 Å². The maximum absolute atomic E-state index is 13.2. The van der Waals surface area contributed by atoms with Gasteiger partial charge in [-0.2, -0.15) is 0 Å². The van der Waals surface area contributed by atoms with Gasteiger partial charge in [-0.3, -0.25) is 0 Å². The molecule has 0 heterocycles. The second-order valence-corrected chi connectivity index (χ2v) is 6.25. The minimum absolute atomic E-state index is 0.316. The summed E-state index contributed by atoms with van der Waals surface area (Å²) in [6.45, 7) is 0. The number of hydrogen-bond acceptors (Lipinski definition) is 1. The maximum atomic E-state index is 13.2. The minimum Gasteiger partial charge on any atom is -0.388 e. The zero-order chi connectivity index (χ0) is 14.0. The number of halogens is 4. The first-order valence-electron chi connectivity index (χ1n) is 5.54. The van der Waals surface area contributed by atoms with E-state index in [1.807, 2.05) is 0 Å². The highest BCUT2D eigenvalue weighted by Gasteiger charge is 2.12. The summed E-state index contributed by atoms with van der Waals surface area (Å²) in [5, 5.41) is 10.7. The van der Waals surface area contributed by atoms with Crippen molar-refractivity contribution in [2.75, 3.05) is 0 Å². The zero-order valence-corrected chi connectivity index (χ0v) is 13.6. The molecular formula is C14H10Br2ClFO. The fraction of sp³-hybridized carbons (Fsp3) is 0.143. The van der Waals surface area contributed by atoms with Crippen LogP contribution in [-0.2, 0) is 6.42 Å². The smallest absolute Gasteiger partial charge is 0.123 e. The summed E-state index contributed by atoms with van der Waals surface area (Å²) in [5.41, 5.74) is 1.41. The molecule has 0 radical (unpaired) electrons. The molecular weight excluding hydrogens is 398 g/mol. The fourth-order valence-corrected chi connectivity index (χ4v) is 2.59. The van der Waals surface area contributed by atoms with Crippen LogP contribution in [0.3, 0.4) is 0 Å². The molecule has 2 aromatic carbocycles. The predicted molar refractivity (Wildman–Crippen MR) is 81.9 cm³/mol. The number of aliphatic hydroxyl groups excluding tert-OH is 1. The Labute approximate surface area is 132 Å². The molecule has 5 heteroatoms. The van der Waals surface area contributed by atoms with Gasteiger partial charge < -0.3 is 5.11 Å². The van der Waals surface area contributed by atoms with Gasteiger partial charge in [-0.1, -0.05) is 33.6 Å². The minimum atomic E-state index is -0.733. The van der Waals surface area contributed by atoms with Crippen LogP contribution in [0.4, 0.5) is 4.39 Å². The van der Waals surface area contributed by atoms with Crippen molar-refractivity contribution in [2.45, 2.75) is 12.5 Å². The molecule has 1 unspecified atom stereocenters. The third-order valence-electron chi connectivity index (χ3n) is 2.75. The summed E-state index contributed by atoms with van der Waals surface area (Å²) in [4.78, 5) is 0. The largest absolute Gasteiger partial charge is 0.388 e. The average molecular weight is 408 g/mol. The van der Waals surface area contributed by atoms with Crippen LogP contribution >= 0.6 is 43.5 Å². The summed E-state index contributed by atoms with van der Waals surface area (Å²) in [5.74, 6) is -0.320. The van der Waals surface area contributed by atoms with Crippen LogP contribution in [0.5, 0.6) is 0 Å². The monoisotopic (exact) mass is 406 g/mol. The van der Waals surface area contributed by atoms with Gasteiger partial charge in [0.2, 0.25) is 0 Å². The van der Waals surface area contributed by atoms with Crippen LogP contribution in [0.2, 0.25) is 5.02 Å². The Morgan fingerprint density at radius 2 is 1.79 bits per heavy atom. The number of hydrogen-bond donors (Lipinski definition) is 1. The highest BCUT2D eigenvalue weighted by Crippen LogP contribution is 2.29. The zero-order valence-electron chi connectivity index (χ0n) is 9.71. The van der Waals surface area contributed by atoms with Gasteiger partial charge in [0.15, 0.2) is 0 Å². The van der Waals surface area contributed by atoms with E-state index in [-0.39, 0.29) is 5.82 Å². The van der Waals surface area contributed by atoms with Crippen molar-refractivity contribution in [3.05, 3.63) is 67.3 Å². The second-order valence-electron chi connectivity index (χ2n) is 4.13. The van der Waals surface area contributed by atoms with E-state index in [0.717, 1.165) is 8.95 Å². The molecule has 19 heavy (non-hydrogen) atoms. The van der Waals surface area contributed by atoms with Crippen molar-refractivity contribution >= 4 is 43.5 Å². The molecule has 0 fully saturated rings. The molecule has 2 rings (SSSR count). The van der Waals surface area contributed by atoms with Crippen molar-refractivity contribution in [1.29, 1.82) is 0 Å². The van der Waals surface area contributed by atoms with E-state index < -0.39 is 6.10 Å². The maximum Gasteiger partial charge on any atom is 0.123 e. The van der Waals surface area contributed by atoms with Crippen molar-refractivity contribution in [3.63, 3.8) is 0 Å². The van der Waals surface area contributed by atoms with E-state index in [1.165, 1.54) is 12.1 Å². The van der Waals surface area contributed by atoms with E-state index >= 15 is 0 Å². The summed E-state index contributed by atoms with van der Waals surface area (Å²) in [6.07, 6.45) is -0.417. The van der Waals surface area contributed by atoms with Crippen molar-refractivity contribution in [2.24, 2.45) is 0 Å². The van der Waals surface area contributed by atoms with Crippen LogP contribution in [0.25, 0.3) is 0 Å². The van der Waals surface area contributed by atoms with Crippen molar-refractivity contribution in [3.8, 4) is 0 Å². The van der Waals surface area contributed by atoms with Gasteiger partial charge >= 0.3 is 0 Å². The second kappa shape index (κ2) is 6.35. The summed E-state index contributed by atoms with van der Waals surface area (Å²) >= 11 is 12.6. The van der Waals surface area contributed by atoms with Crippen LogP contribution < -0.4 is 0 Å². The molecule has 0 saturated heterocycles. The molecule has 1 atom stereocenters. The molecule has 2 aromatic rings. The van der Waals surface area contributed by atoms with Crippen LogP contribution in [-0.4, -0.2) is 5.11 Å². The average Bonchev–Trinajstić information content (AvgIpc) is 2.37. The van der Waals surface area contributed by atoms with Crippen LogP contribution in [0.15, 0.2) is 45.3 Å². The van der Waals surface area contributed by atoms with E-state index in [9.17, 15) is 9.50 Å². The van der Waals surface area contributed by atoms with Gasteiger partial charge in [0.1, 0.15) is 5.82 Å². The molecule has 0 amide bonds. The summed E-state index contributed by atoms with van der Waals surface area (Å²) in [6, 6.07) is 9.68. The van der Waals surface area contributed by atoms with Crippen LogP contribution in [0, 0.1) is 5.82 Å². The number of benzene rings is 2. The lowest BCUT2D eigenvalue weighted by Gasteiger charge is -2.13. The first-order chi connectivity index (χ1) is 8.97. The van der Waals surface area contributed by atoms with Gasteiger partial charge in [0.25, 0.3) is 0 Å². The molecule has 0 aromatic heterocycles. The SMILES string of the molecule is OC(Cc1cc(F)ccc1Br)c1ccc(Br)c(Cl)c1. The predicted octanol–water partition coefficient (Wildman–Crippen LogP) is 5.28. The van der Waals surface area contributed by atoms with Crippen LogP contribution in [0.1, 0.15) is 17.2 Å². The molecule has 0 bridgehead atoms. The molecule has 0 spiro atoms. The van der Waals surface area contributed by atoms with Gasteiger partial charge in [-0.05, 0) is 57.4 Å². The van der Waals surface area contributed by atoms with Crippen molar-refractivity contribution < 1.29 is 9.50 Å². The van der Waals surface area contributed by atoms with E-state index in [4.69, 9.17) is 11.6 Å². The Morgan fingerprint density at radius 3 is 2.47 bits per heavy atom. The van der Waals surface area contributed by atoms with E-state index in [2.05, 4.69) is 31.9 Å². The standard InChI is InChI=1S/C14H10Br2ClFO/c15-11-4-2-10(18)5-9(11)7-14(19)8-1-3-12(16)13(17)6-8/h1-6,14,19H,7H2. The number of rotatable bonds is 3. The first-order valence-corrected chi connectivity index (χ1v) is 7.50. The Hall–Kier alpha value is -0.420. The summed E-state index contributed by atoms with van der Waals surface area (Å²) in [7, 11) is 0. The third-order valence-corrected chi connectivity index (χ3v) is 4.76. The highest BCUT2D eigenvalue weighted by molar-refractivity contribution is 9.10. The molecule has 100 valence electrons. The van der Waals surface area contributed by atoms with E-state index in [0.29, 0.717) is 22.6 Å². The quantitative estimate of drug-likeness (QED) is 0.733. The van der Waals surface area contributed by atoms with Crippen molar-refractivity contribution in [1.82, 2.24) is 0 Å². The molecule has 0 saturated carbocycles. The normalized spacial score (nSPS) is 12.5. The lowest BCUT2D eigenvalue weighted by Crippen LogP contribution is -2.03. The molecule has 0 aliphatic rings. The Bertz CT molecular complexity index is 604. The van der Waals surface area contributed by atoms with E-state index in [1.54, 1.807) is 24.3 Å². The molecule has 0 aliphatic heterocycles. The third kappa shape index (κ3) is 3.78. The first kappa shape index (κ1) is 15.0. The topological polar surface area (TPSA) is 20.2 Å². The highest BCUT2D eigenvalue weighted by atomic mass is 79.9. The lowest BCUT2D eigenvalue weighted by molar-refractivity contribution is 0.178. The number of aliphatic hydroxyl groups is 1. The van der Waals surface area contributed by atoms with Gasteiger partial charge in [0, 0.05) is 15.4 Å². The Balaban J connectivity index is 2.22. The Kier molecular flexibility index (Phi) is 5.01.